The second-order valence-corrected chi connectivity index (χ2v) is 14.8. The number of alkyl halides is 3. The zero-order valence-electron chi connectivity index (χ0n) is 26.6. The third-order valence-corrected chi connectivity index (χ3v) is 11.6. The summed E-state index contributed by atoms with van der Waals surface area (Å²) in [5, 5.41) is 16.5. The Kier molecular flexibility index (Phi) is 16.3. The molecule has 6 rings (SSSR count). The van der Waals surface area contributed by atoms with E-state index in [-0.39, 0.29) is 25.6 Å². The van der Waals surface area contributed by atoms with E-state index in [2.05, 4.69) is 182 Å². The predicted octanol–water partition coefficient (Wildman–Crippen LogP) is 8.47. The van der Waals surface area contributed by atoms with Gasteiger partial charge in [0.15, 0.2) is 5.78 Å². The maximum atomic E-state index is 11.3. The minimum atomic E-state index is -4.81. The standard InChI is InChI=1S/2C18H15P.C5H5F3O2.Rh/c2*1-4-10-16(11-5-1)19(17-12-6-2-7-13-17)18-14-8-3-9-15-18;1-3(9)2-4(10)5(6,7)8;/h2*1-15H;2,10H,1H3;/b;;4-2-;. The molecule has 0 heterocycles. The van der Waals surface area contributed by atoms with Crippen LogP contribution in [0.4, 0.5) is 13.2 Å². The molecule has 0 spiro atoms. The number of ketones is 1. The molecule has 2 nitrogen and oxygen atoms in total. The van der Waals surface area contributed by atoms with Crippen molar-refractivity contribution in [2.75, 3.05) is 0 Å². The zero-order valence-corrected chi connectivity index (χ0v) is 30.0. The van der Waals surface area contributed by atoms with E-state index >= 15 is 0 Å². The summed E-state index contributed by atoms with van der Waals surface area (Å²) >= 11 is 0. The Morgan fingerprint density at radius 2 is 0.653 bits per heavy atom. The fourth-order valence-electron chi connectivity index (χ4n) is 4.63. The van der Waals surface area contributed by atoms with Gasteiger partial charge in [-0.25, -0.2) is 0 Å². The van der Waals surface area contributed by atoms with E-state index in [1.54, 1.807) is 0 Å². The Morgan fingerprint density at radius 1 is 0.469 bits per heavy atom. The second kappa shape index (κ2) is 20.3. The van der Waals surface area contributed by atoms with Gasteiger partial charge in [-0.3, -0.25) is 4.79 Å². The molecule has 0 aliphatic carbocycles. The van der Waals surface area contributed by atoms with E-state index in [4.69, 9.17) is 5.11 Å². The molecule has 251 valence electrons. The van der Waals surface area contributed by atoms with Gasteiger partial charge in [-0.05, 0) is 54.6 Å². The Labute approximate surface area is 301 Å². The smallest absolute Gasteiger partial charge is 0.448 e. The van der Waals surface area contributed by atoms with E-state index in [1.807, 2.05) is 0 Å². The van der Waals surface area contributed by atoms with Crippen LogP contribution in [0, 0.1) is 0 Å². The van der Waals surface area contributed by atoms with Crippen molar-refractivity contribution in [2.24, 2.45) is 0 Å². The quantitative estimate of drug-likeness (QED) is 0.0765. The number of rotatable bonds is 7. The number of carbonyl (C=O) groups excluding carboxylic acids is 1. The third-order valence-electron chi connectivity index (χ3n) is 6.72. The molecule has 0 saturated carbocycles. The molecule has 6 aromatic carbocycles. The fraction of sp³-hybridized carbons (Fsp3) is 0.0488. The molecule has 0 amide bonds. The normalized spacial score (nSPS) is 10.9. The van der Waals surface area contributed by atoms with Gasteiger partial charge < -0.3 is 5.11 Å². The van der Waals surface area contributed by atoms with Crippen molar-refractivity contribution in [1.29, 1.82) is 0 Å². The van der Waals surface area contributed by atoms with Crippen molar-refractivity contribution in [3.63, 3.8) is 0 Å². The van der Waals surface area contributed by atoms with E-state index < -0.39 is 33.6 Å². The minimum Gasteiger partial charge on any atom is -0.504 e. The second-order valence-electron chi connectivity index (χ2n) is 10.3. The molecule has 0 saturated heterocycles. The summed E-state index contributed by atoms with van der Waals surface area (Å²) in [5.41, 5.74) is 0. The third kappa shape index (κ3) is 12.6. The summed E-state index contributed by atoms with van der Waals surface area (Å²) in [6.45, 7) is 0.919. The SMILES string of the molecule is CC(=O)/C=C(\O)C(F)(F)F.[Rh].c1ccc(P(c2ccccc2)c2ccccc2)cc1.c1ccc(P(c2ccccc2)c2ccccc2)cc1. The van der Waals surface area contributed by atoms with Crippen LogP contribution < -0.4 is 31.8 Å². The summed E-state index contributed by atoms with van der Waals surface area (Å²) in [6.07, 6.45) is -4.69. The van der Waals surface area contributed by atoms with Crippen molar-refractivity contribution < 1.29 is 42.6 Å². The molecule has 1 N–H and O–H groups in total. The van der Waals surface area contributed by atoms with Crippen LogP contribution in [-0.4, -0.2) is 17.1 Å². The number of aliphatic hydroxyl groups excluding tert-OH is 1. The van der Waals surface area contributed by atoms with Crippen molar-refractivity contribution in [1.82, 2.24) is 0 Å². The number of hydrogen-bond acceptors (Lipinski definition) is 2. The summed E-state index contributed by atoms with van der Waals surface area (Å²) < 4.78 is 34.0. The van der Waals surface area contributed by atoms with Gasteiger partial charge in [-0.2, -0.15) is 13.2 Å². The molecule has 0 fully saturated rings. The first kappa shape index (κ1) is 39.2. The molecule has 1 radical (unpaired) electrons. The van der Waals surface area contributed by atoms with Crippen LogP contribution >= 0.6 is 15.8 Å². The number of hydrogen-bond donors (Lipinski definition) is 1. The molecular weight excluding hydrogens is 746 g/mol. The molecule has 0 aliphatic rings. The average Bonchev–Trinajstić information content (AvgIpc) is 3.11. The zero-order chi connectivity index (χ0) is 34.2. The van der Waals surface area contributed by atoms with Crippen molar-refractivity contribution in [3.8, 4) is 0 Å². The van der Waals surface area contributed by atoms with E-state index in [0.717, 1.165) is 6.92 Å². The first-order chi connectivity index (χ1) is 23.2. The molecule has 0 unspecified atom stereocenters. The Bertz CT molecular complexity index is 1520. The van der Waals surface area contributed by atoms with E-state index in [0.29, 0.717) is 0 Å². The van der Waals surface area contributed by atoms with Crippen molar-refractivity contribution in [3.05, 3.63) is 194 Å². The fourth-order valence-corrected chi connectivity index (χ4v) is 9.24. The van der Waals surface area contributed by atoms with Crippen molar-refractivity contribution >= 4 is 53.5 Å². The van der Waals surface area contributed by atoms with Gasteiger partial charge >= 0.3 is 6.18 Å². The van der Waals surface area contributed by atoms with Gasteiger partial charge in [-0.1, -0.05) is 182 Å². The van der Waals surface area contributed by atoms with Crippen LogP contribution in [0.3, 0.4) is 0 Å². The van der Waals surface area contributed by atoms with Gasteiger partial charge in [-0.15, -0.1) is 0 Å². The Hall–Kier alpha value is -4.20. The number of benzene rings is 6. The Morgan fingerprint density at radius 3 is 0.776 bits per heavy atom. The molecule has 49 heavy (non-hydrogen) atoms. The van der Waals surface area contributed by atoms with Gasteiger partial charge in [0, 0.05) is 25.6 Å². The van der Waals surface area contributed by atoms with Crippen LogP contribution in [0.1, 0.15) is 6.92 Å². The molecule has 0 atom stereocenters. The monoisotopic (exact) mass is 781 g/mol. The van der Waals surface area contributed by atoms with Crippen molar-refractivity contribution in [2.45, 2.75) is 13.1 Å². The maximum absolute atomic E-state index is 11.3. The maximum Gasteiger partial charge on any atom is 0.448 e. The van der Waals surface area contributed by atoms with E-state index in [1.165, 1.54) is 31.8 Å². The first-order valence-corrected chi connectivity index (χ1v) is 17.8. The molecular formula is C41H35F3O2P2Rh. The van der Waals surface area contributed by atoms with Crippen LogP contribution in [0.15, 0.2) is 194 Å². The number of allylic oxidation sites excluding steroid dienone is 2. The topological polar surface area (TPSA) is 37.3 Å². The van der Waals surface area contributed by atoms with Gasteiger partial charge in [0.05, 0.1) is 0 Å². The summed E-state index contributed by atoms with van der Waals surface area (Å²) in [4.78, 5) is 9.96. The van der Waals surface area contributed by atoms with Crippen LogP contribution in [-0.2, 0) is 24.3 Å². The van der Waals surface area contributed by atoms with Gasteiger partial charge in [0.1, 0.15) is 0 Å². The Balaban J connectivity index is 0.000000208. The molecule has 0 aromatic heterocycles. The van der Waals surface area contributed by atoms with Crippen LogP contribution in [0.2, 0.25) is 0 Å². The average molecular weight is 782 g/mol. The molecule has 0 aliphatic heterocycles. The molecule has 8 heteroatoms. The van der Waals surface area contributed by atoms with Crippen LogP contribution in [0.25, 0.3) is 0 Å². The summed E-state index contributed by atoms with van der Waals surface area (Å²) in [5.74, 6) is -2.70. The summed E-state index contributed by atoms with van der Waals surface area (Å²) in [6, 6.07) is 64.7. The number of aliphatic hydroxyl groups is 1. The first-order valence-electron chi connectivity index (χ1n) is 15.1. The predicted molar refractivity (Wildman–Crippen MR) is 198 cm³/mol. The van der Waals surface area contributed by atoms with Gasteiger partial charge in [0.25, 0.3) is 0 Å². The number of halogens is 3. The number of carbonyl (C=O) groups is 1. The van der Waals surface area contributed by atoms with E-state index in [9.17, 15) is 18.0 Å². The largest absolute Gasteiger partial charge is 0.504 e. The summed E-state index contributed by atoms with van der Waals surface area (Å²) in [7, 11) is -0.892. The van der Waals surface area contributed by atoms with Gasteiger partial charge in [0.2, 0.25) is 5.76 Å². The minimum absolute atomic E-state index is 0. The van der Waals surface area contributed by atoms with Crippen LogP contribution in [0.5, 0.6) is 0 Å². The molecule has 0 bridgehead atoms. The molecule has 6 aromatic rings.